The van der Waals surface area contributed by atoms with E-state index in [1.165, 1.54) is 6.33 Å². The molecule has 172 valence electrons. The Bertz CT molecular complexity index is 1270. The molecule has 1 N–H and O–H groups in total. The lowest BCUT2D eigenvalue weighted by Gasteiger charge is -2.34. The lowest BCUT2D eigenvalue weighted by atomic mass is 10.1. The minimum absolute atomic E-state index is 0.161. The number of nitrogens with zero attached hydrogens (tertiary/aromatic N) is 4. The molecule has 1 amide bonds. The number of anilines is 2. The van der Waals surface area contributed by atoms with E-state index in [4.69, 9.17) is 6.42 Å². The lowest BCUT2D eigenvalue weighted by Crippen LogP contribution is -2.50. The predicted molar refractivity (Wildman–Crippen MR) is 132 cm³/mol. The summed E-state index contributed by atoms with van der Waals surface area (Å²) >= 11 is 0. The van der Waals surface area contributed by atoms with Crippen molar-refractivity contribution in [2.75, 3.05) is 38.0 Å². The zero-order valence-electron chi connectivity index (χ0n) is 19.0. The third-order valence-electron chi connectivity index (χ3n) is 6.40. The highest BCUT2D eigenvalue weighted by atomic mass is 16.2. The number of terminal acetylenes is 1. The van der Waals surface area contributed by atoms with E-state index in [0.29, 0.717) is 37.8 Å². The summed E-state index contributed by atoms with van der Waals surface area (Å²) in [5.41, 5.74) is 3.36. The van der Waals surface area contributed by atoms with E-state index >= 15 is 0 Å². The van der Waals surface area contributed by atoms with Crippen molar-refractivity contribution in [3.63, 3.8) is 0 Å². The van der Waals surface area contributed by atoms with Crippen LogP contribution in [0.15, 0.2) is 48.8 Å². The van der Waals surface area contributed by atoms with Gasteiger partial charge >= 0.3 is 0 Å². The molecule has 2 aliphatic rings. The monoisotopic (exact) mass is 453 g/mol. The molecule has 1 saturated heterocycles. The number of amides is 1. The molecule has 2 aromatic carbocycles. The van der Waals surface area contributed by atoms with E-state index < -0.39 is 0 Å². The second-order valence-electron chi connectivity index (χ2n) is 9.02. The highest BCUT2D eigenvalue weighted by Crippen LogP contribution is 2.31. The van der Waals surface area contributed by atoms with Gasteiger partial charge in [0.25, 0.3) is 0 Å². The summed E-state index contributed by atoms with van der Waals surface area (Å²) in [5, 5.41) is 4.17. The number of rotatable bonds is 7. The average Bonchev–Trinajstić information content (AvgIpc) is 3.70. The van der Waals surface area contributed by atoms with Crippen LogP contribution in [0.4, 0.5) is 11.5 Å². The zero-order chi connectivity index (χ0) is 23.5. The van der Waals surface area contributed by atoms with Crippen molar-refractivity contribution < 1.29 is 9.59 Å². The van der Waals surface area contributed by atoms with Gasteiger partial charge in [-0.3, -0.25) is 14.5 Å². The maximum atomic E-state index is 12.8. The van der Waals surface area contributed by atoms with Gasteiger partial charge in [0.05, 0.1) is 12.1 Å². The molecule has 7 nitrogen and oxygen atoms in total. The van der Waals surface area contributed by atoms with Crippen LogP contribution in [0.25, 0.3) is 10.9 Å². The number of hydrogen-bond donors (Lipinski definition) is 1. The zero-order valence-corrected chi connectivity index (χ0v) is 19.0. The molecule has 0 atom stereocenters. The molecule has 5 rings (SSSR count). The number of carbonyl (C=O) groups is 2. The Morgan fingerprint density at radius 2 is 1.88 bits per heavy atom. The molecule has 0 unspecified atom stereocenters. The smallest absolute Gasteiger partial charge is 0.225 e. The number of ketones is 1. The Balaban J connectivity index is 1.23. The first-order valence-corrected chi connectivity index (χ1v) is 11.7. The first kappa shape index (κ1) is 22.1. The van der Waals surface area contributed by atoms with Crippen molar-refractivity contribution in [3.8, 4) is 12.3 Å². The van der Waals surface area contributed by atoms with Crippen molar-refractivity contribution >= 4 is 34.1 Å². The van der Waals surface area contributed by atoms with Crippen LogP contribution in [-0.2, 0) is 16.0 Å². The summed E-state index contributed by atoms with van der Waals surface area (Å²) in [6, 6.07) is 13.4. The quantitative estimate of drug-likeness (QED) is 0.554. The number of nitrogens with one attached hydrogen (secondary N) is 1. The number of aromatic nitrogens is 2. The first-order chi connectivity index (χ1) is 16.6. The fraction of sp³-hybridized carbons (Fsp3) is 0.333. The van der Waals surface area contributed by atoms with E-state index in [9.17, 15) is 9.59 Å². The van der Waals surface area contributed by atoms with Crippen molar-refractivity contribution in [2.24, 2.45) is 5.92 Å². The second kappa shape index (κ2) is 9.62. The lowest BCUT2D eigenvalue weighted by molar-refractivity contribution is -0.134. The van der Waals surface area contributed by atoms with Crippen LogP contribution in [0.5, 0.6) is 0 Å². The Kier molecular flexibility index (Phi) is 6.24. The van der Waals surface area contributed by atoms with E-state index in [1.807, 2.05) is 47.4 Å². The van der Waals surface area contributed by atoms with Gasteiger partial charge in [0.2, 0.25) is 5.91 Å². The normalized spacial score (nSPS) is 16.3. The molecule has 0 spiro atoms. The first-order valence-electron chi connectivity index (χ1n) is 11.7. The number of benzene rings is 2. The van der Waals surface area contributed by atoms with Crippen LogP contribution < -0.4 is 5.32 Å². The molecular weight excluding hydrogens is 426 g/mol. The van der Waals surface area contributed by atoms with Gasteiger partial charge in [0.15, 0.2) is 5.78 Å². The summed E-state index contributed by atoms with van der Waals surface area (Å²) in [5.74, 6) is 4.02. The van der Waals surface area contributed by atoms with Gasteiger partial charge in [-0.05, 0) is 48.7 Å². The van der Waals surface area contributed by atoms with E-state index in [-0.39, 0.29) is 11.7 Å². The number of piperazine rings is 1. The number of hydrogen-bond acceptors (Lipinski definition) is 6. The largest absolute Gasteiger partial charge is 0.340 e. The van der Waals surface area contributed by atoms with Gasteiger partial charge in [0.1, 0.15) is 12.1 Å². The molecule has 1 saturated carbocycles. The fourth-order valence-electron chi connectivity index (χ4n) is 4.38. The number of carbonyl (C=O) groups excluding carboxylic acids is 2. The minimum atomic E-state index is 0.161. The summed E-state index contributed by atoms with van der Waals surface area (Å²) in [4.78, 5) is 37.9. The summed E-state index contributed by atoms with van der Waals surface area (Å²) in [7, 11) is 0. The highest BCUT2D eigenvalue weighted by molar-refractivity contribution is 5.92. The van der Waals surface area contributed by atoms with E-state index in [2.05, 4.69) is 26.1 Å². The van der Waals surface area contributed by atoms with Crippen LogP contribution in [-0.4, -0.2) is 64.2 Å². The maximum absolute atomic E-state index is 12.8. The summed E-state index contributed by atoms with van der Waals surface area (Å²) in [6.45, 7) is 3.33. The van der Waals surface area contributed by atoms with Crippen LogP contribution in [0, 0.1) is 18.3 Å². The van der Waals surface area contributed by atoms with Gasteiger partial charge in [0, 0.05) is 55.2 Å². The van der Waals surface area contributed by atoms with Gasteiger partial charge in [-0.25, -0.2) is 9.97 Å². The standard InChI is InChI=1S/C27H27N5O2/c1-2-19-4-3-5-22(14-19)30-26-24-16-20(6-9-25(24)28-18-29-26)15-23(33)17-31-10-12-32(13-11-31)27(34)21-7-8-21/h1,3-6,9,14,16,18,21H,7-8,10-13,15,17H2,(H,28,29,30). The van der Waals surface area contributed by atoms with Crippen molar-refractivity contribution in [2.45, 2.75) is 19.3 Å². The minimum Gasteiger partial charge on any atom is -0.340 e. The van der Waals surface area contributed by atoms with Crippen LogP contribution >= 0.6 is 0 Å². The molecule has 2 fully saturated rings. The Morgan fingerprint density at radius 3 is 2.65 bits per heavy atom. The molecule has 0 radical (unpaired) electrons. The summed E-state index contributed by atoms with van der Waals surface area (Å²) < 4.78 is 0. The average molecular weight is 454 g/mol. The van der Waals surface area contributed by atoms with Crippen LogP contribution in [0.2, 0.25) is 0 Å². The highest BCUT2D eigenvalue weighted by Gasteiger charge is 2.34. The molecule has 2 heterocycles. The van der Waals surface area contributed by atoms with E-state index in [0.717, 1.165) is 53.6 Å². The van der Waals surface area contributed by atoms with Gasteiger partial charge in [-0.1, -0.05) is 18.1 Å². The third kappa shape index (κ3) is 5.08. The van der Waals surface area contributed by atoms with Crippen LogP contribution in [0.1, 0.15) is 24.0 Å². The Morgan fingerprint density at radius 1 is 1.06 bits per heavy atom. The number of Topliss-reactive ketones (excluding diaryl/α,β-unsaturated/α-hetero) is 1. The molecule has 7 heteroatoms. The predicted octanol–water partition coefficient (Wildman–Crippen LogP) is 3.02. The van der Waals surface area contributed by atoms with E-state index in [1.54, 1.807) is 0 Å². The molecular formula is C27H27N5O2. The molecule has 1 aliphatic carbocycles. The van der Waals surface area contributed by atoms with Crippen molar-refractivity contribution in [1.82, 2.24) is 19.8 Å². The molecule has 1 aromatic heterocycles. The van der Waals surface area contributed by atoms with Crippen molar-refractivity contribution in [3.05, 3.63) is 59.9 Å². The van der Waals surface area contributed by atoms with Crippen LogP contribution in [0.3, 0.4) is 0 Å². The van der Waals surface area contributed by atoms with Gasteiger partial charge in [-0.2, -0.15) is 0 Å². The second-order valence-corrected chi connectivity index (χ2v) is 9.02. The maximum Gasteiger partial charge on any atom is 0.225 e. The molecule has 1 aliphatic heterocycles. The molecule has 34 heavy (non-hydrogen) atoms. The molecule has 3 aromatic rings. The topological polar surface area (TPSA) is 78.4 Å². The van der Waals surface area contributed by atoms with Gasteiger partial charge < -0.3 is 10.2 Å². The molecule has 0 bridgehead atoms. The summed E-state index contributed by atoms with van der Waals surface area (Å²) in [6.07, 6.45) is 9.44. The van der Waals surface area contributed by atoms with Crippen molar-refractivity contribution in [1.29, 1.82) is 0 Å². The third-order valence-corrected chi connectivity index (χ3v) is 6.40. The number of fused-ring (bicyclic) bond motifs is 1. The fourth-order valence-corrected chi connectivity index (χ4v) is 4.38. The Labute approximate surface area is 199 Å². The Hall–Kier alpha value is -3.76. The van der Waals surface area contributed by atoms with Gasteiger partial charge in [-0.15, -0.1) is 6.42 Å². The SMILES string of the molecule is C#Cc1cccc(Nc2ncnc3ccc(CC(=O)CN4CCN(C(=O)C5CC5)CC4)cc23)c1.